The first-order chi connectivity index (χ1) is 12.5. The number of benzene rings is 1. The summed E-state index contributed by atoms with van der Waals surface area (Å²) in [5.74, 6) is -0.799. The molecule has 1 aromatic carbocycles. The third-order valence-corrected chi connectivity index (χ3v) is 5.49. The van der Waals surface area contributed by atoms with Crippen LogP contribution in [0.15, 0.2) is 36.9 Å². The number of thiazole rings is 1. The van der Waals surface area contributed by atoms with Crippen LogP contribution in [0, 0.1) is 5.82 Å². The fourth-order valence-electron chi connectivity index (χ4n) is 2.96. The molecule has 0 saturated carbocycles. The van der Waals surface area contributed by atoms with Crippen molar-refractivity contribution in [2.45, 2.75) is 25.3 Å². The van der Waals surface area contributed by atoms with E-state index in [0.717, 1.165) is 40.4 Å². The van der Waals surface area contributed by atoms with Crippen LogP contribution in [-0.4, -0.2) is 35.3 Å². The molecule has 136 valence electrons. The molecule has 26 heavy (non-hydrogen) atoms. The first-order valence-corrected chi connectivity index (χ1v) is 9.22. The minimum Gasteiger partial charge on any atom is -0.346 e. The van der Waals surface area contributed by atoms with Crippen LogP contribution in [-0.2, 0) is 16.0 Å². The van der Waals surface area contributed by atoms with Gasteiger partial charge in [-0.1, -0.05) is 6.58 Å². The second-order valence-corrected chi connectivity index (χ2v) is 7.33. The van der Waals surface area contributed by atoms with E-state index in [4.69, 9.17) is 4.98 Å². The average molecular weight is 373 g/mol. The number of halogens is 1. The molecule has 2 aromatic rings. The van der Waals surface area contributed by atoms with Gasteiger partial charge in [0.2, 0.25) is 11.8 Å². The van der Waals surface area contributed by atoms with E-state index in [1.54, 1.807) is 30.5 Å². The number of carbonyl (C=O) groups is 2. The maximum atomic E-state index is 13.1. The molecule has 7 heteroatoms. The van der Waals surface area contributed by atoms with Gasteiger partial charge in [0.1, 0.15) is 10.8 Å². The molecule has 0 aliphatic heterocycles. The number of hydrogen-bond donors (Lipinski definition) is 1. The van der Waals surface area contributed by atoms with E-state index < -0.39 is 0 Å². The van der Waals surface area contributed by atoms with Gasteiger partial charge in [0, 0.05) is 17.5 Å². The van der Waals surface area contributed by atoms with Crippen molar-refractivity contribution in [3.8, 4) is 10.6 Å². The van der Waals surface area contributed by atoms with Gasteiger partial charge in [0.15, 0.2) is 0 Å². The Morgan fingerprint density at radius 3 is 2.85 bits per heavy atom. The van der Waals surface area contributed by atoms with Crippen molar-refractivity contribution in [2.75, 3.05) is 13.6 Å². The number of amides is 2. The summed E-state index contributed by atoms with van der Waals surface area (Å²) in [5, 5.41) is 3.80. The first-order valence-electron chi connectivity index (χ1n) is 8.40. The van der Waals surface area contributed by atoms with E-state index >= 15 is 0 Å². The van der Waals surface area contributed by atoms with E-state index in [1.807, 2.05) is 0 Å². The van der Waals surface area contributed by atoms with Crippen molar-refractivity contribution < 1.29 is 14.0 Å². The summed E-state index contributed by atoms with van der Waals surface area (Å²) in [6, 6.07) is 6.10. The van der Waals surface area contributed by atoms with Crippen LogP contribution in [0.1, 0.15) is 29.5 Å². The fourth-order valence-corrected chi connectivity index (χ4v) is 4.13. The molecule has 1 unspecified atom stereocenters. The predicted octanol–water partition coefficient (Wildman–Crippen LogP) is 3.09. The standard InChI is InChI=1S/C19H20FN3O2S/c1-3-17(25)23(2)11-16(24)21-14-5-4-6-15-18(14)22-19(26-15)12-7-9-13(20)10-8-12/h3,7-10,14H,1,4-6,11H2,2H3,(H,21,24). The third-order valence-electron chi connectivity index (χ3n) is 4.31. The second kappa shape index (κ2) is 7.78. The molecule has 1 N–H and O–H groups in total. The molecule has 1 aliphatic carbocycles. The summed E-state index contributed by atoms with van der Waals surface area (Å²) >= 11 is 1.58. The van der Waals surface area contributed by atoms with Gasteiger partial charge >= 0.3 is 0 Å². The summed E-state index contributed by atoms with van der Waals surface area (Å²) in [4.78, 5) is 30.9. The monoisotopic (exact) mass is 373 g/mol. The van der Waals surface area contributed by atoms with E-state index in [1.165, 1.54) is 23.1 Å². The van der Waals surface area contributed by atoms with E-state index in [0.29, 0.717) is 0 Å². The van der Waals surface area contributed by atoms with Crippen LogP contribution in [0.2, 0.25) is 0 Å². The summed E-state index contributed by atoms with van der Waals surface area (Å²) in [6.07, 6.45) is 3.88. The smallest absolute Gasteiger partial charge is 0.246 e. The molecule has 0 radical (unpaired) electrons. The molecular weight excluding hydrogens is 353 g/mol. The topological polar surface area (TPSA) is 62.3 Å². The van der Waals surface area contributed by atoms with Gasteiger partial charge in [0.05, 0.1) is 18.3 Å². The quantitative estimate of drug-likeness (QED) is 0.820. The Balaban J connectivity index is 1.74. The Kier molecular flexibility index (Phi) is 5.46. The molecule has 0 fully saturated rings. The minimum atomic E-state index is -0.295. The highest BCUT2D eigenvalue weighted by Crippen LogP contribution is 2.37. The van der Waals surface area contributed by atoms with Crippen LogP contribution in [0.25, 0.3) is 10.6 Å². The van der Waals surface area contributed by atoms with Gasteiger partial charge in [-0.15, -0.1) is 11.3 Å². The second-order valence-electron chi connectivity index (χ2n) is 6.25. The summed E-state index contributed by atoms with van der Waals surface area (Å²) < 4.78 is 13.1. The predicted molar refractivity (Wildman–Crippen MR) is 99.2 cm³/mol. The van der Waals surface area contributed by atoms with Gasteiger partial charge in [-0.2, -0.15) is 0 Å². The molecule has 5 nitrogen and oxygen atoms in total. The largest absolute Gasteiger partial charge is 0.346 e. The van der Waals surface area contributed by atoms with Crippen LogP contribution in [0.5, 0.6) is 0 Å². The maximum Gasteiger partial charge on any atom is 0.246 e. The van der Waals surface area contributed by atoms with Gasteiger partial charge in [-0.3, -0.25) is 9.59 Å². The number of rotatable bonds is 5. The lowest BCUT2D eigenvalue weighted by molar-refractivity contribution is -0.131. The van der Waals surface area contributed by atoms with E-state index in [9.17, 15) is 14.0 Å². The van der Waals surface area contributed by atoms with Crippen molar-refractivity contribution in [1.82, 2.24) is 15.2 Å². The summed E-state index contributed by atoms with van der Waals surface area (Å²) in [7, 11) is 1.56. The normalized spacial score (nSPS) is 15.8. The minimum absolute atomic E-state index is 0.0222. The number of aromatic nitrogens is 1. The Hall–Kier alpha value is -2.54. The first kappa shape index (κ1) is 18.3. The number of aryl methyl sites for hydroxylation is 1. The molecule has 1 aliphatic rings. The molecule has 0 saturated heterocycles. The maximum absolute atomic E-state index is 13.1. The third kappa shape index (κ3) is 3.99. The lowest BCUT2D eigenvalue weighted by atomic mass is 9.97. The van der Waals surface area contributed by atoms with Crippen LogP contribution < -0.4 is 5.32 Å². The van der Waals surface area contributed by atoms with Crippen LogP contribution >= 0.6 is 11.3 Å². The Morgan fingerprint density at radius 2 is 2.15 bits per heavy atom. The highest BCUT2D eigenvalue weighted by molar-refractivity contribution is 7.15. The van der Waals surface area contributed by atoms with E-state index in [-0.39, 0.29) is 30.2 Å². The highest BCUT2D eigenvalue weighted by Gasteiger charge is 2.27. The van der Waals surface area contributed by atoms with E-state index in [2.05, 4.69) is 11.9 Å². The molecular formula is C19H20FN3O2S. The lowest BCUT2D eigenvalue weighted by Crippen LogP contribution is -2.40. The van der Waals surface area contributed by atoms with Gasteiger partial charge in [-0.05, 0) is 49.6 Å². The molecule has 2 amide bonds. The lowest BCUT2D eigenvalue weighted by Gasteiger charge is -2.23. The summed E-state index contributed by atoms with van der Waals surface area (Å²) in [5.41, 5.74) is 1.75. The zero-order valence-electron chi connectivity index (χ0n) is 14.5. The van der Waals surface area contributed by atoms with Gasteiger partial charge < -0.3 is 10.2 Å². The Labute approximate surface area is 155 Å². The Morgan fingerprint density at radius 1 is 1.42 bits per heavy atom. The number of nitrogens with one attached hydrogen (secondary N) is 1. The molecule has 0 bridgehead atoms. The number of hydrogen-bond acceptors (Lipinski definition) is 4. The number of nitrogens with zero attached hydrogens (tertiary/aromatic N) is 2. The molecule has 1 heterocycles. The van der Waals surface area contributed by atoms with Crippen molar-refractivity contribution in [3.63, 3.8) is 0 Å². The van der Waals surface area contributed by atoms with Crippen molar-refractivity contribution in [2.24, 2.45) is 0 Å². The zero-order chi connectivity index (χ0) is 18.7. The highest BCUT2D eigenvalue weighted by atomic mass is 32.1. The molecule has 1 atom stereocenters. The van der Waals surface area contributed by atoms with Crippen LogP contribution in [0.4, 0.5) is 4.39 Å². The zero-order valence-corrected chi connectivity index (χ0v) is 15.3. The van der Waals surface area contributed by atoms with Crippen molar-refractivity contribution in [1.29, 1.82) is 0 Å². The molecule has 3 rings (SSSR count). The SMILES string of the molecule is C=CC(=O)N(C)CC(=O)NC1CCCc2sc(-c3ccc(F)cc3)nc21. The van der Waals surface area contributed by atoms with Gasteiger partial charge in [-0.25, -0.2) is 9.37 Å². The van der Waals surface area contributed by atoms with Crippen molar-refractivity contribution in [3.05, 3.63) is 53.3 Å². The van der Waals surface area contributed by atoms with Crippen LogP contribution in [0.3, 0.4) is 0 Å². The molecule has 1 aromatic heterocycles. The number of carbonyl (C=O) groups excluding carboxylic acids is 2. The number of fused-ring (bicyclic) bond motifs is 1. The Bertz CT molecular complexity index is 832. The fraction of sp³-hybridized carbons (Fsp3) is 0.316. The van der Waals surface area contributed by atoms with Gasteiger partial charge in [0.25, 0.3) is 0 Å². The molecule has 0 spiro atoms. The average Bonchev–Trinajstić information content (AvgIpc) is 3.06. The van der Waals surface area contributed by atoms with Crippen molar-refractivity contribution >= 4 is 23.2 Å². The number of likely N-dealkylation sites (N-methyl/N-ethyl adjacent to an activating group) is 1. The summed E-state index contributed by atoms with van der Waals surface area (Å²) in [6.45, 7) is 3.39.